The standard InChI is InChI=1S/C27H52/c1-4-5-15-25-16-12-10-8-6-7-9-11-13-18-26(19-14-17-25)27-21-20-23(2)24(3)22-27/h23-27H,4-22H2,1-3H3. The van der Waals surface area contributed by atoms with Gasteiger partial charge in [0.05, 0.1) is 0 Å². The van der Waals surface area contributed by atoms with Crippen molar-refractivity contribution in [2.45, 2.75) is 143 Å². The van der Waals surface area contributed by atoms with Crippen LogP contribution in [0.15, 0.2) is 0 Å². The Morgan fingerprint density at radius 3 is 1.81 bits per heavy atom. The Balaban J connectivity index is 1.88. The van der Waals surface area contributed by atoms with Gasteiger partial charge >= 0.3 is 0 Å². The highest BCUT2D eigenvalue weighted by atomic mass is 14.3. The summed E-state index contributed by atoms with van der Waals surface area (Å²) in [6.45, 7) is 7.40. The van der Waals surface area contributed by atoms with E-state index in [2.05, 4.69) is 20.8 Å². The first-order valence-corrected chi connectivity index (χ1v) is 13.2. The van der Waals surface area contributed by atoms with Crippen molar-refractivity contribution in [3.05, 3.63) is 0 Å². The van der Waals surface area contributed by atoms with Gasteiger partial charge < -0.3 is 0 Å². The minimum atomic E-state index is 0.970. The van der Waals surface area contributed by atoms with Gasteiger partial charge in [-0.25, -0.2) is 0 Å². The van der Waals surface area contributed by atoms with Gasteiger partial charge in [-0.3, -0.25) is 0 Å². The lowest BCUT2D eigenvalue weighted by Gasteiger charge is -2.37. The Kier molecular flexibility index (Phi) is 12.1. The van der Waals surface area contributed by atoms with E-state index in [1.807, 2.05) is 0 Å². The molecule has 0 heterocycles. The van der Waals surface area contributed by atoms with E-state index >= 15 is 0 Å². The van der Waals surface area contributed by atoms with Crippen LogP contribution in [0.25, 0.3) is 0 Å². The minimum absolute atomic E-state index is 0.970. The third kappa shape index (κ3) is 9.36. The molecule has 2 rings (SSSR count). The van der Waals surface area contributed by atoms with Gasteiger partial charge in [-0.2, -0.15) is 0 Å². The summed E-state index contributed by atoms with van der Waals surface area (Å²) < 4.78 is 0. The quantitative estimate of drug-likeness (QED) is 0.458. The van der Waals surface area contributed by atoms with Crippen LogP contribution in [0.1, 0.15) is 143 Å². The second-order valence-corrected chi connectivity index (χ2v) is 10.6. The van der Waals surface area contributed by atoms with Crippen molar-refractivity contribution in [1.29, 1.82) is 0 Å². The van der Waals surface area contributed by atoms with Gasteiger partial charge in [-0.15, -0.1) is 0 Å². The Bertz CT molecular complexity index is 346. The molecular weight excluding hydrogens is 324 g/mol. The maximum absolute atomic E-state index is 2.53. The van der Waals surface area contributed by atoms with Gasteiger partial charge in [-0.1, -0.05) is 130 Å². The second kappa shape index (κ2) is 14.1. The fourth-order valence-electron chi connectivity index (χ4n) is 6.13. The molecule has 2 saturated carbocycles. The largest absolute Gasteiger partial charge is 0.0654 e. The van der Waals surface area contributed by atoms with Crippen LogP contribution in [0, 0.1) is 29.6 Å². The Labute approximate surface area is 172 Å². The van der Waals surface area contributed by atoms with Crippen LogP contribution in [-0.4, -0.2) is 0 Å². The lowest BCUT2D eigenvalue weighted by Crippen LogP contribution is -2.26. The van der Waals surface area contributed by atoms with Crippen LogP contribution in [-0.2, 0) is 0 Å². The Morgan fingerprint density at radius 2 is 1.15 bits per heavy atom. The van der Waals surface area contributed by atoms with E-state index < -0.39 is 0 Å². The zero-order valence-corrected chi connectivity index (χ0v) is 19.3. The molecule has 0 saturated heterocycles. The van der Waals surface area contributed by atoms with Crippen molar-refractivity contribution in [2.75, 3.05) is 0 Å². The first-order valence-electron chi connectivity index (χ1n) is 13.2. The van der Waals surface area contributed by atoms with Crippen LogP contribution < -0.4 is 0 Å². The molecule has 5 unspecified atom stereocenters. The SMILES string of the molecule is CCCCC1CCCCCCCCCCC(C2CCC(C)C(C)C2)CCC1. The van der Waals surface area contributed by atoms with E-state index in [4.69, 9.17) is 0 Å². The van der Waals surface area contributed by atoms with Crippen LogP contribution >= 0.6 is 0 Å². The highest BCUT2D eigenvalue weighted by Crippen LogP contribution is 2.41. The fraction of sp³-hybridized carbons (Fsp3) is 1.00. The van der Waals surface area contributed by atoms with Crippen molar-refractivity contribution in [2.24, 2.45) is 29.6 Å². The highest BCUT2D eigenvalue weighted by Gasteiger charge is 2.29. The summed E-state index contributed by atoms with van der Waals surface area (Å²) in [7, 11) is 0. The predicted octanol–water partition coefficient (Wildman–Crippen LogP) is 9.57. The molecule has 0 bridgehead atoms. The van der Waals surface area contributed by atoms with Crippen LogP contribution in [0.3, 0.4) is 0 Å². The molecule has 0 spiro atoms. The van der Waals surface area contributed by atoms with Crippen molar-refractivity contribution >= 4 is 0 Å². The number of rotatable bonds is 4. The lowest BCUT2D eigenvalue weighted by atomic mass is 9.69. The zero-order valence-electron chi connectivity index (χ0n) is 19.3. The van der Waals surface area contributed by atoms with Crippen LogP contribution in [0.4, 0.5) is 0 Å². The molecule has 2 aliphatic carbocycles. The summed E-state index contributed by atoms with van der Waals surface area (Å²) >= 11 is 0. The molecule has 2 aliphatic rings. The molecule has 0 N–H and O–H groups in total. The maximum atomic E-state index is 2.53. The fourth-order valence-corrected chi connectivity index (χ4v) is 6.13. The monoisotopic (exact) mass is 376 g/mol. The molecule has 0 aliphatic heterocycles. The summed E-state index contributed by atoms with van der Waals surface area (Å²) in [5.74, 6) is 5.10. The van der Waals surface area contributed by atoms with E-state index in [0.29, 0.717) is 0 Å². The molecule has 0 aromatic heterocycles. The number of unbranched alkanes of at least 4 members (excludes halogenated alkanes) is 1. The van der Waals surface area contributed by atoms with Crippen molar-refractivity contribution in [3.63, 3.8) is 0 Å². The van der Waals surface area contributed by atoms with Crippen LogP contribution in [0.2, 0.25) is 0 Å². The molecular formula is C27H52. The van der Waals surface area contributed by atoms with Gasteiger partial charge in [-0.05, 0) is 42.4 Å². The van der Waals surface area contributed by atoms with Crippen molar-refractivity contribution < 1.29 is 0 Å². The van der Waals surface area contributed by atoms with Gasteiger partial charge in [0.25, 0.3) is 0 Å². The smallest absolute Gasteiger partial charge is 0.0383 e. The van der Waals surface area contributed by atoms with Gasteiger partial charge in [0.15, 0.2) is 0 Å². The Morgan fingerprint density at radius 1 is 0.556 bits per heavy atom. The molecule has 0 nitrogen and oxygen atoms in total. The lowest BCUT2D eigenvalue weighted by molar-refractivity contribution is 0.139. The average molecular weight is 377 g/mol. The molecule has 0 aromatic carbocycles. The molecule has 5 atom stereocenters. The molecule has 160 valence electrons. The summed E-state index contributed by atoms with van der Waals surface area (Å²) in [4.78, 5) is 0. The number of hydrogen-bond donors (Lipinski definition) is 0. The summed E-state index contributed by atoms with van der Waals surface area (Å²) in [6, 6.07) is 0. The summed E-state index contributed by atoms with van der Waals surface area (Å²) in [5.41, 5.74) is 0. The molecule has 27 heavy (non-hydrogen) atoms. The maximum Gasteiger partial charge on any atom is -0.0383 e. The molecule has 2 fully saturated rings. The topological polar surface area (TPSA) is 0 Å². The average Bonchev–Trinajstić information content (AvgIpc) is 2.68. The second-order valence-electron chi connectivity index (χ2n) is 10.6. The number of hydrogen-bond acceptors (Lipinski definition) is 0. The summed E-state index contributed by atoms with van der Waals surface area (Å²) in [5, 5.41) is 0. The predicted molar refractivity (Wildman–Crippen MR) is 122 cm³/mol. The third-order valence-electron chi connectivity index (χ3n) is 8.40. The molecule has 0 amide bonds. The van der Waals surface area contributed by atoms with Crippen LogP contribution in [0.5, 0.6) is 0 Å². The Hall–Kier alpha value is 0. The van der Waals surface area contributed by atoms with E-state index in [-0.39, 0.29) is 0 Å². The van der Waals surface area contributed by atoms with E-state index in [9.17, 15) is 0 Å². The van der Waals surface area contributed by atoms with Gasteiger partial charge in [0.1, 0.15) is 0 Å². The van der Waals surface area contributed by atoms with Crippen molar-refractivity contribution in [3.8, 4) is 0 Å². The molecule has 0 heteroatoms. The van der Waals surface area contributed by atoms with Gasteiger partial charge in [0, 0.05) is 0 Å². The minimum Gasteiger partial charge on any atom is -0.0654 e. The third-order valence-corrected chi connectivity index (χ3v) is 8.40. The van der Waals surface area contributed by atoms with E-state index in [1.54, 1.807) is 12.8 Å². The van der Waals surface area contributed by atoms with Crippen molar-refractivity contribution in [1.82, 2.24) is 0 Å². The molecule has 0 radical (unpaired) electrons. The first-order chi connectivity index (χ1) is 13.2. The van der Waals surface area contributed by atoms with E-state index in [0.717, 1.165) is 29.6 Å². The highest BCUT2D eigenvalue weighted by molar-refractivity contribution is 4.80. The van der Waals surface area contributed by atoms with Gasteiger partial charge in [0.2, 0.25) is 0 Å². The zero-order chi connectivity index (χ0) is 19.3. The van der Waals surface area contributed by atoms with E-state index in [1.165, 1.54) is 109 Å². The normalized spacial score (nSPS) is 35.9. The first kappa shape index (κ1) is 23.3. The molecule has 0 aromatic rings. The summed E-state index contributed by atoms with van der Waals surface area (Å²) in [6.07, 6.45) is 28.7.